The molecule has 170 valence electrons. The Kier molecular flexibility index (Phi) is 6.66. The third-order valence-corrected chi connectivity index (χ3v) is 7.88. The monoisotopic (exact) mass is 449 g/mol. The SMILES string of the molecule is CC1C(CSc2nc3cc(N4CCOCC4)c(F)cc3[nH]2)NCCC1N1CCOCC1. The van der Waals surface area contributed by atoms with Gasteiger partial charge in [-0.1, -0.05) is 18.7 Å². The van der Waals surface area contributed by atoms with Crippen molar-refractivity contribution >= 4 is 28.5 Å². The summed E-state index contributed by atoms with van der Waals surface area (Å²) in [4.78, 5) is 12.7. The second-order valence-corrected chi connectivity index (χ2v) is 9.71. The van der Waals surface area contributed by atoms with Gasteiger partial charge in [0, 0.05) is 50.1 Å². The Bertz CT molecular complexity index is 884. The summed E-state index contributed by atoms with van der Waals surface area (Å²) in [7, 11) is 0. The first-order chi connectivity index (χ1) is 15.2. The highest BCUT2D eigenvalue weighted by molar-refractivity contribution is 7.99. The van der Waals surface area contributed by atoms with Crippen LogP contribution in [0.5, 0.6) is 0 Å². The Morgan fingerprint density at radius 1 is 1.13 bits per heavy atom. The van der Waals surface area contributed by atoms with E-state index in [4.69, 9.17) is 14.5 Å². The zero-order valence-corrected chi connectivity index (χ0v) is 18.9. The summed E-state index contributed by atoms with van der Waals surface area (Å²) in [6, 6.07) is 4.48. The molecule has 3 aliphatic heterocycles. The number of benzene rings is 1. The summed E-state index contributed by atoms with van der Waals surface area (Å²) in [5.41, 5.74) is 2.20. The predicted molar refractivity (Wildman–Crippen MR) is 122 cm³/mol. The third-order valence-electron chi connectivity index (χ3n) is 6.88. The molecule has 3 saturated heterocycles. The Morgan fingerprint density at radius 2 is 1.87 bits per heavy atom. The minimum atomic E-state index is -0.203. The predicted octanol–water partition coefficient (Wildman–Crippen LogP) is 2.33. The first-order valence-electron chi connectivity index (χ1n) is 11.4. The van der Waals surface area contributed by atoms with Gasteiger partial charge < -0.3 is 24.7 Å². The lowest BCUT2D eigenvalue weighted by atomic mass is 9.87. The molecule has 31 heavy (non-hydrogen) atoms. The normalized spacial score (nSPS) is 28.3. The van der Waals surface area contributed by atoms with Gasteiger partial charge in [0.05, 0.1) is 43.1 Å². The van der Waals surface area contributed by atoms with E-state index >= 15 is 0 Å². The molecule has 7 nitrogen and oxygen atoms in total. The molecule has 1 aromatic heterocycles. The number of rotatable bonds is 5. The molecule has 4 heterocycles. The van der Waals surface area contributed by atoms with Crippen LogP contribution in [0.25, 0.3) is 11.0 Å². The molecular formula is C22H32FN5O2S. The van der Waals surface area contributed by atoms with Crippen LogP contribution in [0.15, 0.2) is 17.3 Å². The average Bonchev–Trinajstić information content (AvgIpc) is 3.20. The Hall–Kier alpha value is -1.39. The fourth-order valence-corrected chi connectivity index (χ4v) is 6.15. The summed E-state index contributed by atoms with van der Waals surface area (Å²) >= 11 is 1.72. The van der Waals surface area contributed by atoms with Crippen LogP contribution in [0, 0.1) is 11.7 Å². The summed E-state index contributed by atoms with van der Waals surface area (Å²) in [5, 5.41) is 4.56. The van der Waals surface area contributed by atoms with Gasteiger partial charge in [-0.05, 0) is 24.9 Å². The van der Waals surface area contributed by atoms with Gasteiger partial charge in [-0.2, -0.15) is 0 Å². The maximum Gasteiger partial charge on any atom is 0.166 e. The van der Waals surface area contributed by atoms with Crippen LogP contribution in [0.2, 0.25) is 0 Å². The van der Waals surface area contributed by atoms with Gasteiger partial charge in [0.2, 0.25) is 0 Å². The molecule has 0 bridgehead atoms. The van der Waals surface area contributed by atoms with E-state index in [-0.39, 0.29) is 5.82 Å². The van der Waals surface area contributed by atoms with E-state index in [0.717, 1.165) is 54.8 Å². The summed E-state index contributed by atoms with van der Waals surface area (Å²) in [6.07, 6.45) is 1.19. The Balaban J connectivity index is 1.25. The highest BCUT2D eigenvalue weighted by atomic mass is 32.2. The zero-order chi connectivity index (χ0) is 21.2. The van der Waals surface area contributed by atoms with E-state index in [1.54, 1.807) is 17.8 Å². The number of halogens is 1. The van der Waals surface area contributed by atoms with Crippen LogP contribution in [0.4, 0.5) is 10.1 Å². The van der Waals surface area contributed by atoms with Gasteiger partial charge in [-0.15, -0.1) is 0 Å². The molecule has 9 heteroatoms. The zero-order valence-electron chi connectivity index (χ0n) is 18.1. The molecule has 3 fully saturated rings. The van der Waals surface area contributed by atoms with E-state index in [2.05, 4.69) is 22.1 Å². The van der Waals surface area contributed by atoms with Crippen molar-refractivity contribution in [3.63, 3.8) is 0 Å². The van der Waals surface area contributed by atoms with Gasteiger partial charge in [-0.25, -0.2) is 9.37 Å². The number of hydrogen-bond donors (Lipinski definition) is 2. The van der Waals surface area contributed by atoms with Crippen molar-refractivity contribution in [3.05, 3.63) is 17.9 Å². The molecule has 1 aromatic carbocycles. The Morgan fingerprint density at radius 3 is 2.65 bits per heavy atom. The number of fused-ring (bicyclic) bond motifs is 1. The van der Waals surface area contributed by atoms with E-state index < -0.39 is 0 Å². The van der Waals surface area contributed by atoms with Crippen molar-refractivity contribution in [2.75, 3.05) is 69.8 Å². The molecule has 0 aliphatic carbocycles. The van der Waals surface area contributed by atoms with Crippen LogP contribution in [-0.4, -0.2) is 91.9 Å². The van der Waals surface area contributed by atoms with Crippen molar-refractivity contribution in [2.45, 2.75) is 30.6 Å². The molecule has 3 aliphatic rings. The standard InChI is InChI=1S/C22H32FN5O2S/c1-15-19(24-3-2-20(15)27-4-8-29-9-5-27)14-31-22-25-17-12-16(23)21(13-18(17)26-22)28-6-10-30-11-7-28/h12-13,15,19-20,24H,2-11,14H2,1H3,(H,25,26). The maximum atomic E-state index is 14.7. The maximum absolute atomic E-state index is 14.7. The van der Waals surface area contributed by atoms with E-state index in [1.807, 2.05) is 11.0 Å². The quantitative estimate of drug-likeness (QED) is 0.679. The number of anilines is 1. The number of hydrogen-bond acceptors (Lipinski definition) is 7. The fraction of sp³-hybridized carbons (Fsp3) is 0.682. The van der Waals surface area contributed by atoms with E-state index in [0.29, 0.717) is 50.0 Å². The van der Waals surface area contributed by atoms with E-state index in [9.17, 15) is 4.39 Å². The number of imidazole rings is 1. The molecule has 0 saturated carbocycles. The van der Waals surface area contributed by atoms with Crippen LogP contribution >= 0.6 is 11.8 Å². The first kappa shape index (κ1) is 21.5. The van der Waals surface area contributed by atoms with Crippen LogP contribution < -0.4 is 10.2 Å². The van der Waals surface area contributed by atoms with Crippen LogP contribution in [0.1, 0.15) is 13.3 Å². The molecule has 2 N–H and O–H groups in total. The van der Waals surface area contributed by atoms with Gasteiger partial charge in [0.1, 0.15) is 5.82 Å². The third kappa shape index (κ3) is 4.71. The summed E-state index contributed by atoms with van der Waals surface area (Å²) < 4.78 is 25.6. The van der Waals surface area contributed by atoms with Crippen molar-refractivity contribution in [1.82, 2.24) is 20.2 Å². The fourth-order valence-electron chi connectivity index (χ4n) is 5.05. The van der Waals surface area contributed by atoms with Crippen LogP contribution in [-0.2, 0) is 9.47 Å². The number of aromatic amines is 1. The molecule has 5 rings (SSSR count). The molecule has 0 radical (unpaired) electrons. The number of H-pyrrole nitrogens is 1. The van der Waals surface area contributed by atoms with Crippen molar-refractivity contribution < 1.29 is 13.9 Å². The lowest BCUT2D eigenvalue weighted by molar-refractivity contribution is -0.00758. The molecular weight excluding hydrogens is 417 g/mol. The lowest BCUT2D eigenvalue weighted by Gasteiger charge is -2.44. The number of ether oxygens (including phenoxy) is 2. The topological polar surface area (TPSA) is 65.7 Å². The molecule has 0 amide bonds. The van der Waals surface area contributed by atoms with Gasteiger partial charge in [0.15, 0.2) is 5.16 Å². The minimum absolute atomic E-state index is 0.203. The lowest BCUT2D eigenvalue weighted by Crippen LogP contribution is -2.57. The molecule has 2 aromatic rings. The van der Waals surface area contributed by atoms with Gasteiger partial charge >= 0.3 is 0 Å². The van der Waals surface area contributed by atoms with E-state index in [1.165, 1.54) is 6.42 Å². The largest absolute Gasteiger partial charge is 0.379 e. The van der Waals surface area contributed by atoms with Crippen molar-refractivity contribution in [1.29, 1.82) is 0 Å². The van der Waals surface area contributed by atoms with Gasteiger partial charge in [-0.3, -0.25) is 4.90 Å². The minimum Gasteiger partial charge on any atom is -0.379 e. The highest BCUT2D eigenvalue weighted by Gasteiger charge is 2.34. The number of piperidine rings is 1. The summed E-state index contributed by atoms with van der Waals surface area (Å²) in [6.45, 7) is 9.87. The number of nitrogens with zero attached hydrogens (tertiary/aromatic N) is 3. The first-order valence-corrected chi connectivity index (χ1v) is 12.4. The van der Waals surface area contributed by atoms with Crippen molar-refractivity contribution in [3.8, 4) is 0 Å². The molecule has 3 atom stereocenters. The second kappa shape index (κ2) is 9.62. The number of thioether (sulfide) groups is 1. The number of morpholine rings is 2. The summed E-state index contributed by atoms with van der Waals surface area (Å²) in [5.74, 6) is 1.31. The van der Waals surface area contributed by atoms with Gasteiger partial charge in [0.25, 0.3) is 0 Å². The molecule has 0 spiro atoms. The number of aromatic nitrogens is 2. The number of nitrogens with one attached hydrogen (secondary N) is 2. The second-order valence-electron chi connectivity index (χ2n) is 8.70. The molecule has 3 unspecified atom stereocenters. The highest BCUT2D eigenvalue weighted by Crippen LogP contribution is 2.30. The smallest absolute Gasteiger partial charge is 0.166 e. The van der Waals surface area contributed by atoms with Crippen LogP contribution in [0.3, 0.4) is 0 Å². The van der Waals surface area contributed by atoms with Crippen molar-refractivity contribution in [2.24, 2.45) is 5.92 Å². The average molecular weight is 450 g/mol. The Labute approximate surface area is 187 Å².